The Morgan fingerprint density at radius 2 is 2.04 bits per heavy atom. The van der Waals surface area contributed by atoms with Gasteiger partial charge in [0.05, 0.1) is 19.9 Å². The van der Waals surface area contributed by atoms with Crippen LogP contribution in [0.1, 0.15) is 24.5 Å². The highest BCUT2D eigenvalue weighted by Gasteiger charge is 2.23. The van der Waals surface area contributed by atoms with Gasteiger partial charge in [-0.25, -0.2) is 0 Å². The second kappa shape index (κ2) is 7.74. The third-order valence-electron chi connectivity index (χ3n) is 3.67. The van der Waals surface area contributed by atoms with E-state index < -0.39 is 5.60 Å². The van der Waals surface area contributed by atoms with Crippen LogP contribution in [0.25, 0.3) is 0 Å². The van der Waals surface area contributed by atoms with E-state index in [0.29, 0.717) is 18.6 Å². The lowest BCUT2D eigenvalue weighted by atomic mass is 9.96. The second-order valence-electron chi connectivity index (χ2n) is 5.65. The predicted octanol–water partition coefficient (Wildman–Crippen LogP) is 2.05. The average Bonchev–Trinajstić information content (AvgIpc) is 2.59. The zero-order chi connectivity index (χ0) is 16.7. The van der Waals surface area contributed by atoms with E-state index in [9.17, 15) is 9.90 Å². The van der Waals surface area contributed by atoms with Gasteiger partial charge in [0.15, 0.2) is 0 Å². The third kappa shape index (κ3) is 5.07. The average molecular weight is 314 g/mol. The lowest BCUT2D eigenvalue weighted by Crippen LogP contribution is -2.38. The summed E-state index contributed by atoms with van der Waals surface area (Å²) in [4.78, 5) is 16.0. The van der Waals surface area contributed by atoms with Gasteiger partial charge in [0.1, 0.15) is 11.4 Å². The Balaban J connectivity index is 1.83. The number of rotatable bonds is 7. The molecule has 1 aromatic carbocycles. The van der Waals surface area contributed by atoms with Crippen molar-refractivity contribution in [1.82, 2.24) is 10.3 Å². The molecule has 23 heavy (non-hydrogen) atoms. The van der Waals surface area contributed by atoms with Gasteiger partial charge in [-0.15, -0.1) is 0 Å². The van der Waals surface area contributed by atoms with Crippen LogP contribution in [0.4, 0.5) is 0 Å². The molecule has 0 bridgehead atoms. The summed E-state index contributed by atoms with van der Waals surface area (Å²) in [6, 6.07) is 11.2. The van der Waals surface area contributed by atoms with Crippen molar-refractivity contribution in [3.8, 4) is 5.75 Å². The van der Waals surface area contributed by atoms with Gasteiger partial charge in [-0.1, -0.05) is 30.3 Å². The molecule has 0 aliphatic heterocycles. The molecule has 1 atom stereocenters. The van der Waals surface area contributed by atoms with Crippen molar-refractivity contribution >= 4 is 5.91 Å². The molecule has 2 N–H and O–H groups in total. The van der Waals surface area contributed by atoms with E-state index in [-0.39, 0.29) is 12.5 Å². The standard InChI is InChI=1S/C18H22N2O3/c1-18(22,15-6-4-3-5-7-15)13-20-17(21)9-8-14-10-16(23-2)12-19-11-14/h3-7,10-12,22H,8-9,13H2,1-2H3,(H,20,21). The number of pyridine rings is 1. The molecule has 0 spiro atoms. The Kier molecular flexibility index (Phi) is 5.71. The number of aryl methyl sites for hydroxylation is 1. The van der Waals surface area contributed by atoms with E-state index in [4.69, 9.17) is 4.74 Å². The second-order valence-corrected chi connectivity index (χ2v) is 5.65. The minimum atomic E-state index is -1.09. The largest absolute Gasteiger partial charge is 0.495 e. The van der Waals surface area contributed by atoms with E-state index in [2.05, 4.69) is 10.3 Å². The minimum absolute atomic E-state index is 0.107. The van der Waals surface area contributed by atoms with Crippen LogP contribution in [0, 0.1) is 0 Å². The number of amides is 1. The Morgan fingerprint density at radius 1 is 1.30 bits per heavy atom. The van der Waals surface area contributed by atoms with E-state index in [0.717, 1.165) is 11.1 Å². The first-order valence-corrected chi connectivity index (χ1v) is 7.54. The van der Waals surface area contributed by atoms with Crippen molar-refractivity contribution in [3.63, 3.8) is 0 Å². The molecule has 5 heteroatoms. The molecule has 0 aliphatic rings. The molecule has 1 heterocycles. The number of benzene rings is 1. The molecule has 1 unspecified atom stereocenters. The van der Waals surface area contributed by atoms with Crippen molar-refractivity contribution in [2.75, 3.05) is 13.7 Å². The maximum absolute atomic E-state index is 12.0. The van der Waals surface area contributed by atoms with Crippen molar-refractivity contribution in [1.29, 1.82) is 0 Å². The monoisotopic (exact) mass is 314 g/mol. The summed E-state index contributed by atoms with van der Waals surface area (Å²) < 4.78 is 5.11. The maximum Gasteiger partial charge on any atom is 0.220 e. The van der Waals surface area contributed by atoms with E-state index in [1.54, 1.807) is 26.4 Å². The van der Waals surface area contributed by atoms with Gasteiger partial charge in [0.25, 0.3) is 0 Å². The maximum atomic E-state index is 12.0. The fraction of sp³-hybridized carbons (Fsp3) is 0.333. The zero-order valence-corrected chi connectivity index (χ0v) is 13.5. The summed E-state index contributed by atoms with van der Waals surface area (Å²) >= 11 is 0. The van der Waals surface area contributed by atoms with Gasteiger partial charge in [-0.2, -0.15) is 0 Å². The molecule has 122 valence electrons. The highest BCUT2D eigenvalue weighted by atomic mass is 16.5. The van der Waals surface area contributed by atoms with E-state index in [1.165, 1.54) is 0 Å². The Labute approximate surface area is 136 Å². The zero-order valence-electron chi connectivity index (χ0n) is 13.5. The minimum Gasteiger partial charge on any atom is -0.495 e. The fourth-order valence-electron chi connectivity index (χ4n) is 2.23. The predicted molar refractivity (Wildman–Crippen MR) is 88.1 cm³/mol. The van der Waals surface area contributed by atoms with Gasteiger partial charge in [0, 0.05) is 12.6 Å². The molecule has 0 fully saturated rings. The Bertz CT molecular complexity index is 642. The van der Waals surface area contributed by atoms with Crippen LogP contribution in [0.5, 0.6) is 5.75 Å². The van der Waals surface area contributed by atoms with Gasteiger partial charge in [0.2, 0.25) is 5.91 Å². The van der Waals surface area contributed by atoms with Crippen LogP contribution in [0.2, 0.25) is 0 Å². The Morgan fingerprint density at radius 3 is 2.74 bits per heavy atom. The SMILES string of the molecule is COc1cncc(CCC(=O)NCC(C)(O)c2ccccc2)c1. The van der Waals surface area contributed by atoms with Crippen LogP contribution in [0.15, 0.2) is 48.8 Å². The van der Waals surface area contributed by atoms with Crippen molar-refractivity contribution in [2.24, 2.45) is 0 Å². The first-order valence-electron chi connectivity index (χ1n) is 7.54. The lowest BCUT2D eigenvalue weighted by Gasteiger charge is -2.24. The summed E-state index contributed by atoms with van der Waals surface area (Å²) in [5.74, 6) is 0.568. The quantitative estimate of drug-likeness (QED) is 0.820. The van der Waals surface area contributed by atoms with Gasteiger partial charge in [-0.05, 0) is 30.5 Å². The number of nitrogens with zero attached hydrogens (tertiary/aromatic N) is 1. The third-order valence-corrected chi connectivity index (χ3v) is 3.67. The normalized spacial score (nSPS) is 13.2. The molecule has 5 nitrogen and oxygen atoms in total. The molecule has 0 aliphatic carbocycles. The molecular weight excluding hydrogens is 292 g/mol. The number of hydrogen-bond donors (Lipinski definition) is 2. The Hall–Kier alpha value is -2.40. The number of carbonyl (C=O) groups is 1. The molecule has 2 rings (SSSR count). The molecule has 0 radical (unpaired) electrons. The summed E-state index contributed by atoms with van der Waals surface area (Å²) in [6.07, 6.45) is 4.25. The number of aliphatic hydroxyl groups is 1. The van der Waals surface area contributed by atoms with Crippen LogP contribution in [-0.2, 0) is 16.8 Å². The fourth-order valence-corrected chi connectivity index (χ4v) is 2.23. The van der Waals surface area contributed by atoms with Gasteiger partial charge < -0.3 is 15.2 Å². The van der Waals surface area contributed by atoms with Gasteiger partial charge >= 0.3 is 0 Å². The summed E-state index contributed by atoms with van der Waals surface area (Å²) in [6.45, 7) is 1.86. The number of carbonyl (C=O) groups excluding carboxylic acids is 1. The van der Waals surface area contributed by atoms with E-state index in [1.807, 2.05) is 36.4 Å². The van der Waals surface area contributed by atoms with Crippen LogP contribution < -0.4 is 10.1 Å². The first-order chi connectivity index (χ1) is 11.0. The molecule has 0 saturated carbocycles. The molecule has 1 aromatic heterocycles. The number of ether oxygens (including phenoxy) is 1. The van der Waals surface area contributed by atoms with Crippen LogP contribution in [0.3, 0.4) is 0 Å². The van der Waals surface area contributed by atoms with Crippen LogP contribution >= 0.6 is 0 Å². The highest BCUT2D eigenvalue weighted by molar-refractivity contribution is 5.76. The summed E-state index contributed by atoms with van der Waals surface area (Å²) in [5, 5.41) is 13.2. The van der Waals surface area contributed by atoms with Gasteiger partial charge in [-0.3, -0.25) is 9.78 Å². The van der Waals surface area contributed by atoms with E-state index >= 15 is 0 Å². The number of hydrogen-bond acceptors (Lipinski definition) is 4. The number of nitrogens with one attached hydrogen (secondary N) is 1. The smallest absolute Gasteiger partial charge is 0.220 e. The van der Waals surface area contributed by atoms with Crippen LogP contribution in [-0.4, -0.2) is 29.7 Å². The molecule has 0 saturated heterocycles. The van der Waals surface area contributed by atoms with Crippen molar-refractivity contribution < 1.29 is 14.6 Å². The lowest BCUT2D eigenvalue weighted by molar-refractivity contribution is -0.122. The highest BCUT2D eigenvalue weighted by Crippen LogP contribution is 2.19. The molecular formula is C18H22N2O3. The first kappa shape index (κ1) is 17.0. The molecule has 2 aromatic rings. The molecule has 1 amide bonds. The summed E-state index contributed by atoms with van der Waals surface area (Å²) in [7, 11) is 1.58. The van der Waals surface area contributed by atoms with Crippen molar-refractivity contribution in [2.45, 2.75) is 25.4 Å². The number of aromatic nitrogens is 1. The number of methoxy groups -OCH3 is 1. The summed E-state index contributed by atoms with van der Waals surface area (Å²) in [5.41, 5.74) is 0.626. The van der Waals surface area contributed by atoms with Crippen molar-refractivity contribution in [3.05, 3.63) is 59.9 Å². The topological polar surface area (TPSA) is 71.5 Å².